The molecule has 1 aliphatic heterocycles. The molecule has 1 aromatic heterocycles. The van der Waals surface area contributed by atoms with Gasteiger partial charge >= 0.3 is 5.97 Å². The number of nitrogens with zero attached hydrogens (tertiary/aromatic N) is 1. The first-order valence-corrected chi connectivity index (χ1v) is 8.09. The Morgan fingerprint density at radius 3 is 2.86 bits per heavy atom. The lowest BCUT2D eigenvalue weighted by Crippen LogP contribution is -2.30. The molecule has 0 amide bonds. The number of rotatable bonds is 4. The minimum absolute atomic E-state index is 0.423. The molecule has 0 aliphatic carbocycles. The molecule has 3 rings (SSSR count). The van der Waals surface area contributed by atoms with Gasteiger partial charge in [0.2, 0.25) is 0 Å². The van der Waals surface area contributed by atoms with Crippen LogP contribution in [-0.2, 0) is 19.5 Å². The van der Waals surface area contributed by atoms with Crippen LogP contribution >= 0.6 is 11.3 Å². The second-order valence-electron chi connectivity index (χ2n) is 5.59. The molecule has 0 atom stereocenters. The predicted molar refractivity (Wildman–Crippen MR) is 86.8 cm³/mol. The summed E-state index contributed by atoms with van der Waals surface area (Å²) in [5.74, 6) is 0.0496. The van der Waals surface area contributed by atoms with Crippen LogP contribution in [0.15, 0.2) is 24.3 Å². The normalized spacial score (nSPS) is 14.6. The largest absolute Gasteiger partial charge is 0.497 e. The third kappa shape index (κ3) is 3.00. The van der Waals surface area contributed by atoms with Crippen LogP contribution in [0, 0.1) is 6.92 Å². The number of aromatic carboxylic acids is 1. The van der Waals surface area contributed by atoms with Crippen molar-refractivity contribution in [2.75, 3.05) is 13.7 Å². The van der Waals surface area contributed by atoms with E-state index in [2.05, 4.69) is 17.0 Å². The Morgan fingerprint density at radius 2 is 2.18 bits per heavy atom. The first-order valence-electron chi connectivity index (χ1n) is 7.27. The molecule has 0 spiro atoms. The smallest absolute Gasteiger partial charge is 0.345 e. The van der Waals surface area contributed by atoms with Gasteiger partial charge in [0.15, 0.2) is 0 Å². The summed E-state index contributed by atoms with van der Waals surface area (Å²) in [6, 6.07) is 8.06. The molecular formula is C17H19NO3S. The quantitative estimate of drug-likeness (QED) is 0.940. The van der Waals surface area contributed by atoms with Crippen molar-refractivity contribution >= 4 is 17.3 Å². The standard InChI is InChI=1S/C17H19NO3S/c1-11-13(8-16(22-11)17(19)20)9-18-6-5-12-3-4-15(21-2)7-14(12)10-18/h3-4,7-8H,5-6,9-10H2,1-2H3,(H,19,20). The highest BCUT2D eigenvalue weighted by atomic mass is 32.1. The summed E-state index contributed by atoms with van der Waals surface area (Å²) in [4.78, 5) is 15.0. The van der Waals surface area contributed by atoms with Gasteiger partial charge in [0.1, 0.15) is 10.6 Å². The van der Waals surface area contributed by atoms with Gasteiger partial charge < -0.3 is 9.84 Å². The first-order chi connectivity index (χ1) is 10.6. The molecule has 0 fully saturated rings. The third-order valence-electron chi connectivity index (χ3n) is 4.13. The number of ether oxygens (including phenoxy) is 1. The zero-order valence-corrected chi connectivity index (χ0v) is 13.6. The zero-order valence-electron chi connectivity index (χ0n) is 12.8. The van der Waals surface area contributed by atoms with Gasteiger partial charge in [-0.25, -0.2) is 4.79 Å². The van der Waals surface area contributed by atoms with Crippen molar-refractivity contribution in [1.29, 1.82) is 0 Å². The Balaban J connectivity index is 1.76. The highest BCUT2D eigenvalue weighted by Gasteiger charge is 2.19. The molecule has 0 unspecified atom stereocenters. The van der Waals surface area contributed by atoms with Crippen LogP contribution in [0.25, 0.3) is 0 Å². The van der Waals surface area contributed by atoms with E-state index in [-0.39, 0.29) is 0 Å². The molecule has 22 heavy (non-hydrogen) atoms. The number of carboxylic acids is 1. The highest BCUT2D eigenvalue weighted by Crippen LogP contribution is 2.27. The van der Waals surface area contributed by atoms with Gasteiger partial charge in [-0.2, -0.15) is 0 Å². The number of carboxylic acid groups (broad SMARTS) is 1. The number of aryl methyl sites for hydroxylation is 1. The number of hydrogen-bond donors (Lipinski definition) is 1. The molecule has 4 nitrogen and oxygen atoms in total. The average molecular weight is 317 g/mol. The maximum Gasteiger partial charge on any atom is 0.345 e. The number of thiophene rings is 1. The Kier molecular flexibility index (Phi) is 4.18. The van der Waals surface area contributed by atoms with E-state index < -0.39 is 5.97 Å². The molecule has 116 valence electrons. The van der Waals surface area contributed by atoms with Crippen LogP contribution < -0.4 is 4.74 Å². The summed E-state index contributed by atoms with van der Waals surface area (Å²) in [6.45, 7) is 4.67. The second kappa shape index (κ2) is 6.10. The number of methoxy groups -OCH3 is 1. The van der Waals surface area contributed by atoms with Gasteiger partial charge in [-0.3, -0.25) is 4.90 Å². The molecule has 1 aliphatic rings. The highest BCUT2D eigenvalue weighted by molar-refractivity contribution is 7.14. The monoisotopic (exact) mass is 317 g/mol. The van der Waals surface area contributed by atoms with Gasteiger partial charge in [-0.05, 0) is 48.2 Å². The van der Waals surface area contributed by atoms with Gasteiger partial charge in [-0.1, -0.05) is 6.07 Å². The van der Waals surface area contributed by atoms with Crippen molar-refractivity contribution in [3.63, 3.8) is 0 Å². The topological polar surface area (TPSA) is 49.8 Å². The van der Waals surface area contributed by atoms with Crippen molar-refractivity contribution in [2.45, 2.75) is 26.4 Å². The minimum Gasteiger partial charge on any atom is -0.497 e. The molecular weight excluding hydrogens is 298 g/mol. The molecule has 1 aromatic carbocycles. The van der Waals surface area contributed by atoms with E-state index in [0.717, 1.165) is 42.2 Å². The van der Waals surface area contributed by atoms with E-state index >= 15 is 0 Å². The number of hydrogen-bond acceptors (Lipinski definition) is 4. The van der Waals surface area contributed by atoms with Crippen LogP contribution in [-0.4, -0.2) is 29.6 Å². The van der Waals surface area contributed by atoms with E-state index in [0.29, 0.717) is 4.88 Å². The van der Waals surface area contributed by atoms with E-state index in [4.69, 9.17) is 9.84 Å². The molecule has 5 heteroatoms. The van der Waals surface area contributed by atoms with Crippen molar-refractivity contribution in [3.8, 4) is 5.75 Å². The molecule has 0 radical (unpaired) electrons. The van der Waals surface area contributed by atoms with E-state index in [1.807, 2.05) is 19.1 Å². The lowest BCUT2D eigenvalue weighted by atomic mass is 9.99. The minimum atomic E-state index is -0.840. The number of fused-ring (bicyclic) bond motifs is 1. The Labute approximate surface area is 134 Å². The zero-order chi connectivity index (χ0) is 15.7. The van der Waals surface area contributed by atoms with Crippen molar-refractivity contribution in [2.24, 2.45) is 0 Å². The lowest BCUT2D eigenvalue weighted by Gasteiger charge is -2.29. The van der Waals surface area contributed by atoms with E-state index in [1.54, 1.807) is 7.11 Å². The lowest BCUT2D eigenvalue weighted by molar-refractivity contribution is 0.0702. The number of carbonyl (C=O) groups is 1. The van der Waals surface area contributed by atoms with Crippen molar-refractivity contribution < 1.29 is 14.6 Å². The molecule has 0 bridgehead atoms. The molecule has 0 saturated heterocycles. The summed E-state index contributed by atoms with van der Waals surface area (Å²) in [5.41, 5.74) is 3.80. The van der Waals surface area contributed by atoms with Gasteiger partial charge in [0, 0.05) is 24.5 Å². The maximum atomic E-state index is 11.1. The van der Waals surface area contributed by atoms with E-state index in [9.17, 15) is 4.79 Å². The van der Waals surface area contributed by atoms with Gasteiger partial charge in [0.25, 0.3) is 0 Å². The summed E-state index contributed by atoms with van der Waals surface area (Å²) < 4.78 is 5.30. The van der Waals surface area contributed by atoms with Crippen molar-refractivity contribution in [3.05, 3.63) is 50.7 Å². The van der Waals surface area contributed by atoms with E-state index in [1.165, 1.54) is 22.5 Å². The summed E-state index contributed by atoms with van der Waals surface area (Å²) in [6.07, 6.45) is 1.02. The molecule has 1 N–H and O–H groups in total. The van der Waals surface area contributed by atoms with Crippen LogP contribution in [0.4, 0.5) is 0 Å². The molecule has 2 aromatic rings. The fraction of sp³-hybridized carbons (Fsp3) is 0.353. The van der Waals surface area contributed by atoms with Crippen molar-refractivity contribution in [1.82, 2.24) is 4.90 Å². The first kappa shape index (κ1) is 15.1. The number of benzene rings is 1. The van der Waals surface area contributed by atoms with Gasteiger partial charge in [-0.15, -0.1) is 11.3 Å². The van der Waals surface area contributed by atoms with Crippen LogP contribution in [0.1, 0.15) is 31.2 Å². The maximum absolute atomic E-state index is 11.1. The summed E-state index contributed by atoms with van der Waals surface area (Å²) in [7, 11) is 1.68. The van der Waals surface area contributed by atoms with Crippen LogP contribution in [0.3, 0.4) is 0 Å². The Hall–Kier alpha value is -1.85. The third-order valence-corrected chi connectivity index (χ3v) is 5.21. The fourth-order valence-corrected chi connectivity index (χ4v) is 3.75. The van der Waals surface area contributed by atoms with Gasteiger partial charge in [0.05, 0.1) is 7.11 Å². The molecule has 2 heterocycles. The summed E-state index contributed by atoms with van der Waals surface area (Å²) in [5, 5.41) is 9.10. The van der Waals surface area contributed by atoms with Crippen LogP contribution in [0.5, 0.6) is 5.75 Å². The fourth-order valence-electron chi connectivity index (χ4n) is 2.88. The summed E-state index contributed by atoms with van der Waals surface area (Å²) >= 11 is 1.36. The molecule has 0 saturated carbocycles. The van der Waals surface area contributed by atoms with Crippen LogP contribution in [0.2, 0.25) is 0 Å². The second-order valence-corrected chi connectivity index (χ2v) is 6.85. The Morgan fingerprint density at radius 1 is 1.36 bits per heavy atom. The SMILES string of the molecule is COc1ccc2c(c1)CN(Cc1cc(C(=O)O)sc1C)CC2. The Bertz CT molecular complexity index is 708. The predicted octanol–water partition coefficient (Wildman–Crippen LogP) is 3.32. The average Bonchev–Trinajstić information content (AvgIpc) is 2.88.